The number of nitrogen functional groups attached to an aromatic ring is 1. The number of nitrogens with zero attached hydrogens (tertiary/aromatic N) is 6. The van der Waals surface area contributed by atoms with E-state index in [0.717, 1.165) is 65.5 Å². The molecule has 5 N–H and O–H groups in total. The standard InChI is InChI=1S/C22H24N8O7S4/c1-30(5-3-4-6-30)7-9-14(20(35)36)40-22(24-9)39-10-8-38-18-12(17(32)29(18)13(10)19(33)34)25-16(31)11(27-37-2)15-26-21(23)41-28-15/h12,18H,3-8H2,1-2H3,(H4-,23,25,26,28,31,33,34,35,36)/p+1/b27-11-/t12-,18?/m1/s1. The van der Waals surface area contributed by atoms with Gasteiger partial charge in [-0.15, -0.1) is 11.8 Å². The molecule has 5 rings (SSSR count). The van der Waals surface area contributed by atoms with E-state index in [0.29, 0.717) is 26.0 Å². The monoisotopic (exact) mass is 641 g/mol. The number of carbonyl (C=O) groups excluding carboxylic acids is 2. The molecule has 2 saturated heterocycles. The summed E-state index contributed by atoms with van der Waals surface area (Å²) in [4.78, 5) is 65.1. The van der Waals surface area contributed by atoms with Crippen molar-refractivity contribution in [3.05, 3.63) is 27.0 Å². The molecule has 0 bridgehead atoms. The molecule has 2 atom stereocenters. The number of rotatable bonds is 10. The fourth-order valence-corrected chi connectivity index (χ4v) is 8.94. The van der Waals surface area contributed by atoms with Crippen LogP contribution in [-0.4, -0.2) is 108 Å². The van der Waals surface area contributed by atoms with Crippen LogP contribution in [0.1, 0.15) is 34.0 Å². The minimum absolute atomic E-state index is 0.0687. The van der Waals surface area contributed by atoms with Crippen molar-refractivity contribution < 1.29 is 38.7 Å². The number of hydrogen-bond donors (Lipinski definition) is 4. The van der Waals surface area contributed by atoms with Gasteiger partial charge < -0.3 is 30.6 Å². The zero-order valence-corrected chi connectivity index (χ0v) is 25.0. The van der Waals surface area contributed by atoms with Gasteiger partial charge in [0.05, 0.1) is 20.1 Å². The van der Waals surface area contributed by atoms with Crippen LogP contribution in [-0.2, 0) is 25.8 Å². The average Bonchev–Trinajstić information content (AvgIpc) is 3.65. The lowest BCUT2D eigenvalue weighted by Gasteiger charge is -2.49. The van der Waals surface area contributed by atoms with Crippen molar-refractivity contribution in [2.45, 2.75) is 35.1 Å². The molecule has 0 aliphatic carbocycles. The van der Waals surface area contributed by atoms with Crippen LogP contribution in [0.25, 0.3) is 0 Å². The van der Waals surface area contributed by atoms with Crippen LogP contribution in [0.3, 0.4) is 0 Å². The maximum absolute atomic E-state index is 13.1. The Bertz CT molecular complexity index is 1480. The number of likely N-dealkylation sites (tertiary alicyclic amines) is 1. The molecular formula is C22H25N8O7S4+. The summed E-state index contributed by atoms with van der Waals surface area (Å²) in [6.07, 6.45) is 2.14. The Morgan fingerprint density at radius 2 is 1.98 bits per heavy atom. The second-order valence-corrected chi connectivity index (χ2v) is 13.8. The number of thiazole rings is 1. The van der Waals surface area contributed by atoms with Crippen LogP contribution in [0.15, 0.2) is 20.1 Å². The maximum Gasteiger partial charge on any atom is 0.353 e. The van der Waals surface area contributed by atoms with Gasteiger partial charge in [-0.05, 0) is 0 Å². The summed E-state index contributed by atoms with van der Waals surface area (Å²) in [6, 6.07) is -1.03. The maximum atomic E-state index is 13.1. The van der Waals surface area contributed by atoms with Gasteiger partial charge in [0, 0.05) is 35.0 Å². The van der Waals surface area contributed by atoms with Crippen molar-refractivity contribution in [1.82, 2.24) is 24.6 Å². The number of quaternary nitrogens is 1. The van der Waals surface area contributed by atoms with Crippen LogP contribution in [0, 0.1) is 0 Å². The molecule has 5 heterocycles. The van der Waals surface area contributed by atoms with E-state index in [1.165, 1.54) is 18.9 Å². The van der Waals surface area contributed by atoms with Crippen molar-refractivity contribution in [2.75, 3.05) is 38.7 Å². The SMILES string of the molecule is CO/N=C(\C(=O)N[C@@H]1C(=O)N2C(C(=O)O)=C(Sc3nc(C[N+]4(C)CCCC4)c(C(=O)O)s3)CSC12)c1nsc(N)n1. The third-order valence-electron chi connectivity index (χ3n) is 6.73. The summed E-state index contributed by atoms with van der Waals surface area (Å²) in [6.45, 7) is 2.35. The average molecular weight is 642 g/mol. The molecule has 3 aliphatic rings. The van der Waals surface area contributed by atoms with Crippen LogP contribution in [0.2, 0.25) is 0 Å². The molecule has 2 aromatic rings. The molecule has 2 fully saturated rings. The minimum atomic E-state index is -1.31. The van der Waals surface area contributed by atoms with Gasteiger partial charge >= 0.3 is 11.9 Å². The highest BCUT2D eigenvalue weighted by Crippen LogP contribution is 2.46. The minimum Gasteiger partial charge on any atom is -0.477 e. The first kappa shape index (κ1) is 29.2. The van der Waals surface area contributed by atoms with Crippen molar-refractivity contribution >= 4 is 81.0 Å². The molecule has 0 aromatic carbocycles. The second-order valence-electron chi connectivity index (χ2n) is 9.61. The second kappa shape index (κ2) is 11.6. The molecule has 218 valence electrons. The highest BCUT2D eigenvalue weighted by molar-refractivity contribution is 8.07. The number of carboxylic acid groups (broad SMARTS) is 2. The number of aromatic carboxylic acids is 1. The number of carbonyl (C=O) groups is 4. The quantitative estimate of drug-likeness (QED) is 0.123. The van der Waals surface area contributed by atoms with E-state index in [1.807, 2.05) is 0 Å². The molecule has 0 radical (unpaired) electrons. The topological polar surface area (TPSA) is 210 Å². The molecule has 1 unspecified atom stereocenters. The predicted molar refractivity (Wildman–Crippen MR) is 151 cm³/mol. The number of carboxylic acids is 2. The predicted octanol–water partition coefficient (Wildman–Crippen LogP) is 0.854. The van der Waals surface area contributed by atoms with E-state index in [9.17, 15) is 29.4 Å². The number of amides is 2. The van der Waals surface area contributed by atoms with Gasteiger partial charge in [-0.2, -0.15) is 9.36 Å². The van der Waals surface area contributed by atoms with Crippen LogP contribution in [0.5, 0.6) is 0 Å². The van der Waals surface area contributed by atoms with Gasteiger partial charge in [0.15, 0.2) is 9.47 Å². The first-order chi connectivity index (χ1) is 19.5. The number of anilines is 1. The first-order valence-electron chi connectivity index (χ1n) is 12.2. The fraction of sp³-hybridized carbons (Fsp3) is 0.455. The van der Waals surface area contributed by atoms with Gasteiger partial charge in [0.25, 0.3) is 11.8 Å². The van der Waals surface area contributed by atoms with Gasteiger partial charge in [-0.1, -0.05) is 28.3 Å². The summed E-state index contributed by atoms with van der Waals surface area (Å²) in [5.41, 5.74) is 5.57. The zero-order valence-electron chi connectivity index (χ0n) is 21.7. The summed E-state index contributed by atoms with van der Waals surface area (Å²) >= 11 is 4.17. The number of hydrogen-bond acceptors (Lipinski definition) is 14. The van der Waals surface area contributed by atoms with Crippen molar-refractivity contribution in [2.24, 2.45) is 5.16 Å². The normalized spacial score (nSPS) is 21.9. The van der Waals surface area contributed by atoms with Crippen LogP contribution in [0.4, 0.5) is 5.13 Å². The molecule has 0 spiro atoms. The lowest BCUT2D eigenvalue weighted by atomic mass is 10.0. The summed E-state index contributed by atoms with van der Waals surface area (Å²) < 4.78 is 5.04. The Morgan fingerprint density at radius 1 is 1.24 bits per heavy atom. The zero-order chi connectivity index (χ0) is 29.5. The third-order valence-corrected chi connectivity index (χ3v) is 11.0. The van der Waals surface area contributed by atoms with E-state index in [-0.39, 0.29) is 33.0 Å². The molecule has 2 amide bonds. The first-order valence-corrected chi connectivity index (χ1v) is 15.6. The molecule has 19 heteroatoms. The van der Waals surface area contributed by atoms with Crippen molar-refractivity contribution in [1.29, 1.82) is 0 Å². The number of nitrogens with two attached hydrogens (primary N) is 1. The van der Waals surface area contributed by atoms with E-state index >= 15 is 0 Å². The van der Waals surface area contributed by atoms with Gasteiger partial charge in [0.2, 0.25) is 11.5 Å². The summed E-state index contributed by atoms with van der Waals surface area (Å²) in [7, 11) is 3.31. The number of fused-ring (bicyclic) bond motifs is 1. The van der Waals surface area contributed by atoms with E-state index < -0.39 is 35.2 Å². The molecule has 0 saturated carbocycles. The molecule has 15 nitrogen and oxygen atoms in total. The summed E-state index contributed by atoms with van der Waals surface area (Å²) in [5, 5.41) is 25.5. The number of nitrogens with one attached hydrogen (secondary N) is 1. The smallest absolute Gasteiger partial charge is 0.353 e. The largest absolute Gasteiger partial charge is 0.477 e. The van der Waals surface area contributed by atoms with Crippen LogP contribution < -0.4 is 11.1 Å². The Labute approximate surface area is 249 Å². The lowest BCUT2D eigenvalue weighted by Crippen LogP contribution is -2.71. The van der Waals surface area contributed by atoms with Gasteiger partial charge in [-0.25, -0.2) is 14.6 Å². The Kier molecular flexibility index (Phi) is 8.24. The van der Waals surface area contributed by atoms with E-state index in [4.69, 9.17) is 10.6 Å². The number of oxime groups is 1. The van der Waals surface area contributed by atoms with Gasteiger partial charge in [-0.3, -0.25) is 14.5 Å². The Morgan fingerprint density at radius 3 is 2.59 bits per heavy atom. The molecule has 41 heavy (non-hydrogen) atoms. The number of aliphatic carboxylic acids is 1. The molecule has 2 aromatic heterocycles. The Balaban J connectivity index is 1.35. The highest BCUT2D eigenvalue weighted by Gasteiger charge is 2.55. The van der Waals surface area contributed by atoms with E-state index in [1.54, 1.807) is 0 Å². The van der Waals surface area contributed by atoms with Gasteiger partial charge in [0.1, 0.15) is 41.3 Å². The number of β-lactam (4-membered cyclic amide) rings is 1. The molecule has 3 aliphatic heterocycles. The fourth-order valence-electron chi connectivity index (χ4n) is 4.86. The number of thioether (sulfide) groups is 2. The van der Waals surface area contributed by atoms with Crippen molar-refractivity contribution in [3.8, 4) is 0 Å². The number of aromatic nitrogens is 3. The third kappa shape index (κ3) is 5.76. The van der Waals surface area contributed by atoms with Crippen LogP contribution >= 0.6 is 46.4 Å². The Hall–Kier alpha value is -3.26. The van der Waals surface area contributed by atoms with E-state index in [2.05, 4.69) is 31.9 Å². The lowest BCUT2D eigenvalue weighted by molar-refractivity contribution is -0.911. The molecular weight excluding hydrogens is 617 g/mol. The van der Waals surface area contributed by atoms with Crippen molar-refractivity contribution in [3.63, 3.8) is 0 Å². The highest BCUT2D eigenvalue weighted by atomic mass is 32.2. The summed E-state index contributed by atoms with van der Waals surface area (Å²) in [5.74, 6) is -3.65.